The Labute approximate surface area is 132 Å². The summed E-state index contributed by atoms with van der Waals surface area (Å²) < 4.78 is 0. The van der Waals surface area contributed by atoms with Gasteiger partial charge in [0.15, 0.2) is 0 Å². The zero-order valence-electron chi connectivity index (χ0n) is 13.0. The lowest BCUT2D eigenvalue weighted by Crippen LogP contribution is -2.31. The van der Waals surface area contributed by atoms with Crippen molar-refractivity contribution >= 4 is 11.6 Å². The first kappa shape index (κ1) is 14.6. The van der Waals surface area contributed by atoms with E-state index in [1.54, 1.807) is 0 Å². The Morgan fingerprint density at radius 3 is 2.73 bits per heavy atom. The molecule has 2 aromatic carbocycles. The standard InChI is InChI=1S/C20H21NO/c1-3-5-13-21(20(22)4-2)19-12-8-11-17-16-10-7-6-9-15(16)14-18(17)19/h4,6-12H,2-3,5,13-14H2,1H3. The molecule has 0 aromatic heterocycles. The number of fused-ring (bicyclic) bond motifs is 3. The number of amides is 1. The summed E-state index contributed by atoms with van der Waals surface area (Å²) in [5.74, 6) is -0.0159. The van der Waals surface area contributed by atoms with Crippen molar-refractivity contribution in [1.29, 1.82) is 0 Å². The van der Waals surface area contributed by atoms with Crippen LogP contribution < -0.4 is 4.90 Å². The Morgan fingerprint density at radius 2 is 1.95 bits per heavy atom. The van der Waals surface area contributed by atoms with E-state index < -0.39 is 0 Å². The number of anilines is 1. The van der Waals surface area contributed by atoms with E-state index in [1.165, 1.54) is 28.3 Å². The zero-order chi connectivity index (χ0) is 15.5. The van der Waals surface area contributed by atoms with Gasteiger partial charge in [-0.25, -0.2) is 0 Å². The minimum Gasteiger partial charge on any atom is -0.309 e. The number of hydrogen-bond donors (Lipinski definition) is 0. The third-order valence-electron chi connectivity index (χ3n) is 4.29. The molecule has 1 aliphatic rings. The van der Waals surface area contributed by atoms with Crippen molar-refractivity contribution in [2.45, 2.75) is 26.2 Å². The first-order valence-corrected chi connectivity index (χ1v) is 7.90. The van der Waals surface area contributed by atoms with Crippen LogP contribution in [0.3, 0.4) is 0 Å². The number of carbonyl (C=O) groups is 1. The van der Waals surface area contributed by atoms with Crippen molar-refractivity contribution in [1.82, 2.24) is 0 Å². The number of benzene rings is 2. The summed E-state index contributed by atoms with van der Waals surface area (Å²) in [5, 5.41) is 0. The molecule has 0 N–H and O–H groups in total. The fourth-order valence-corrected chi connectivity index (χ4v) is 3.17. The Balaban J connectivity index is 2.05. The molecule has 0 aliphatic heterocycles. The van der Waals surface area contributed by atoms with Gasteiger partial charge in [0, 0.05) is 18.7 Å². The van der Waals surface area contributed by atoms with E-state index >= 15 is 0 Å². The van der Waals surface area contributed by atoms with E-state index in [0.29, 0.717) is 0 Å². The van der Waals surface area contributed by atoms with Crippen molar-refractivity contribution in [3.05, 3.63) is 66.2 Å². The number of unbranched alkanes of at least 4 members (excludes halogenated alkanes) is 1. The van der Waals surface area contributed by atoms with Gasteiger partial charge in [-0.3, -0.25) is 4.79 Å². The Bertz CT molecular complexity index is 717. The molecule has 0 atom stereocenters. The highest BCUT2D eigenvalue weighted by atomic mass is 16.2. The van der Waals surface area contributed by atoms with E-state index in [4.69, 9.17) is 0 Å². The van der Waals surface area contributed by atoms with Crippen LogP contribution in [-0.4, -0.2) is 12.5 Å². The van der Waals surface area contributed by atoms with Gasteiger partial charge in [0.05, 0.1) is 0 Å². The molecule has 0 saturated carbocycles. The van der Waals surface area contributed by atoms with Crippen LogP contribution in [0.1, 0.15) is 30.9 Å². The second kappa shape index (κ2) is 6.18. The van der Waals surface area contributed by atoms with Gasteiger partial charge in [0.2, 0.25) is 5.91 Å². The van der Waals surface area contributed by atoms with Crippen LogP contribution in [-0.2, 0) is 11.2 Å². The highest BCUT2D eigenvalue weighted by Gasteiger charge is 2.24. The number of hydrogen-bond acceptors (Lipinski definition) is 1. The molecule has 3 rings (SSSR count). The Kier molecular flexibility index (Phi) is 4.10. The lowest BCUT2D eigenvalue weighted by Gasteiger charge is -2.24. The van der Waals surface area contributed by atoms with Crippen LogP contribution in [0, 0.1) is 0 Å². The van der Waals surface area contributed by atoms with Gasteiger partial charge >= 0.3 is 0 Å². The van der Waals surface area contributed by atoms with Crippen LogP contribution in [0.25, 0.3) is 11.1 Å². The van der Waals surface area contributed by atoms with Crippen LogP contribution in [0.15, 0.2) is 55.1 Å². The molecule has 2 aromatic rings. The summed E-state index contributed by atoms with van der Waals surface area (Å²) in [6.07, 6.45) is 4.37. The van der Waals surface area contributed by atoms with Crippen LogP contribution >= 0.6 is 0 Å². The Morgan fingerprint density at radius 1 is 1.18 bits per heavy atom. The van der Waals surface area contributed by atoms with Gasteiger partial charge in [-0.1, -0.05) is 56.3 Å². The summed E-state index contributed by atoms with van der Waals surface area (Å²) >= 11 is 0. The van der Waals surface area contributed by atoms with Gasteiger partial charge in [-0.2, -0.15) is 0 Å². The maximum atomic E-state index is 12.3. The average molecular weight is 291 g/mol. The van der Waals surface area contributed by atoms with E-state index in [-0.39, 0.29) is 5.91 Å². The first-order chi connectivity index (χ1) is 10.8. The summed E-state index contributed by atoms with van der Waals surface area (Å²) in [7, 11) is 0. The minimum absolute atomic E-state index is 0.0159. The number of carbonyl (C=O) groups excluding carboxylic acids is 1. The second-order valence-electron chi connectivity index (χ2n) is 5.68. The van der Waals surface area contributed by atoms with E-state index in [2.05, 4.69) is 49.9 Å². The van der Waals surface area contributed by atoms with Crippen LogP contribution in [0.4, 0.5) is 5.69 Å². The summed E-state index contributed by atoms with van der Waals surface area (Å²) in [6, 6.07) is 14.7. The van der Waals surface area contributed by atoms with Crippen molar-refractivity contribution in [3.8, 4) is 11.1 Å². The molecule has 0 saturated heterocycles. The van der Waals surface area contributed by atoms with E-state index in [0.717, 1.165) is 31.5 Å². The Hall–Kier alpha value is -2.35. The fourth-order valence-electron chi connectivity index (χ4n) is 3.17. The normalized spacial score (nSPS) is 11.7. The lowest BCUT2D eigenvalue weighted by molar-refractivity contribution is -0.114. The van der Waals surface area contributed by atoms with Crippen molar-refractivity contribution in [2.75, 3.05) is 11.4 Å². The molecule has 22 heavy (non-hydrogen) atoms. The molecule has 1 aliphatic carbocycles. The lowest BCUT2D eigenvalue weighted by atomic mass is 10.0. The van der Waals surface area contributed by atoms with Crippen LogP contribution in [0.5, 0.6) is 0 Å². The van der Waals surface area contributed by atoms with Gasteiger partial charge in [0.1, 0.15) is 0 Å². The van der Waals surface area contributed by atoms with Gasteiger partial charge in [-0.05, 0) is 40.8 Å². The molecule has 2 heteroatoms. The van der Waals surface area contributed by atoms with Crippen LogP contribution in [0.2, 0.25) is 0 Å². The molecule has 0 unspecified atom stereocenters. The molecule has 0 heterocycles. The summed E-state index contributed by atoms with van der Waals surface area (Å²) in [6.45, 7) is 6.54. The maximum absolute atomic E-state index is 12.3. The molecular weight excluding hydrogens is 270 g/mol. The molecule has 0 bridgehead atoms. The molecule has 0 spiro atoms. The predicted octanol–water partition coefficient (Wildman–Crippen LogP) is 4.58. The third kappa shape index (κ3) is 2.45. The SMILES string of the molecule is C=CC(=O)N(CCCC)c1cccc2c1Cc1ccccc1-2. The highest BCUT2D eigenvalue weighted by molar-refractivity contribution is 6.02. The zero-order valence-corrected chi connectivity index (χ0v) is 13.0. The molecule has 0 radical (unpaired) electrons. The van der Waals surface area contributed by atoms with Crippen molar-refractivity contribution in [3.63, 3.8) is 0 Å². The topological polar surface area (TPSA) is 20.3 Å². The fraction of sp³-hybridized carbons (Fsp3) is 0.250. The van der Waals surface area contributed by atoms with Crippen molar-refractivity contribution < 1.29 is 4.79 Å². The summed E-state index contributed by atoms with van der Waals surface area (Å²) in [4.78, 5) is 14.2. The summed E-state index contributed by atoms with van der Waals surface area (Å²) in [5.41, 5.74) is 6.18. The second-order valence-corrected chi connectivity index (χ2v) is 5.68. The smallest absolute Gasteiger partial charge is 0.250 e. The first-order valence-electron chi connectivity index (χ1n) is 7.90. The molecular formula is C20H21NO. The minimum atomic E-state index is -0.0159. The van der Waals surface area contributed by atoms with E-state index in [9.17, 15) is 4.79 Å². The van der Waals surface area contributed by atoms with Gasteiger partial charge < -0.3 is 4.90 Å². The average Bonchev–Trinajstić information content (AvgIpc) is 2.94. The van der Waals surface area contributed by atoms with Gasteiger partial charge in [-0.15, -0.1) is 0 Å². The molecule has 112 valence electrons. The quantitative estimate of drug-likeness (QED) is 0.630. The maximum Gasteiger partial charge on any atom is 0.250 e. The monoisotopic (exact) mass is 291 g/mol. The van der Waals surface area contributed by atoms with Crippen molar-refractivity contribution in [2.24, 2.45) is 0 Å². The molecule has 1 amide bonds. The predicted molar refractivity (Wildman–Crippen MR) is 92.1 cm³/mol. The third-order valence-corrected chi connectivity index (χ3v) is 4.29. The van der Waals surface area contributed by atoms with E-state index in [1.807, 2.05) is 11.0 Å². The molecule has 0 fully saturated rings. The molecule has 2 nitrogen and oxygen atoms in total. The van der Waals surface area contributed by atoms with Gasteiger partial charge in [0.25, 0.3) is 0 Å². The number of nitrogens with zero attached hydrogens (tertiary/aromatic N) is 1. The largest absolute Gasteiger partial charge is 0.309 e. The highest BCUT2D eigenvalue weighted by Crippen LogP contribution is 2.41. The number of rotatable bonds is 5.